The number of rotatable bonds is 5. The summed E-state index contributed by atoms with van der Waals surface area (Å²) in [7, 11) is 0. The normalized spacial score (nSPS) is 12.1. The minimum absolute atomic E-state index is 0.0343. The number of hydrogen-bond donors (Lipinski definition) is 0. The van der Waals surface area contributed by atoms with Gasteiger partial charge in [-0.1, -0.05) is 48.5 Å². The monoisotopic (exact) mass is 308 g/mol. The smallest absolute Gasteiger partial charge is 0.163 e. The second-order valence-electron chi connectivity index (χ2n) is 5.52. The van der Waals surface area contributed by atoms with E-state index in [1.54, 1.807) is 30.3 Å². The van der Waals surface area contributed by atoms with Gasteiger partial charge >= 0.3 is 0 Å². The van der Waals surface area contributed by atoms with Gasteiger partial charge in [0.05, 0.1) is 5.92 Å². The molecule has 0 spiro atoms. The fourth-order valence-electron chi connectivity index (χ4n) is 2.69. The van der Waals surface area contributed by atoms with Crippen LogP contribution in [-0.2, 0) is 0 Å². The van der Waals surface area contributed by atoms with Gasteiger partial charge in [-0.2, -0.15) is 0 Å². The molecule has 0 fully saturated rings. The van der Waals surface area contributed by atoms with E-state index >= 15 is 0 Å². The second kappa shape index (κ2) is 6.61. The number of benzene rings is 2. The lowest BCUT2D eigenvalue weighted by molar-refractivity contribution is 0.0974. The number of furan rings is 1. The topological polar surface area (TPSA) is 30.2 Å². The van der Waals surface area contributed by atoms with Crippen LogP contribution in [-0.4, -0.2) is 5.78 Å². The summed E-state index contributed by atoms with van der Waals surface area (Å²) in [6, 6.07) is 19.2. The van der Waals surface area contributed by atoms with Crippen molar-refractivity contribution in [2.75, 3.05) is 0 Å². The molecule has 0 N–H and O–H groups in total. The first kappa shape index (κ1) is 15.2. The third-order valence-electron chi connectivity index (χ3n) is 3.87. The van der Waals surface area contributed by atoms with Gasteiger partial charge in [0.25, 0.3) is 0 Å². The molecule has 2 nitrogen and oxygen atoms in total. The zero-order chi connectivity index (χ0) is 16.2. The highest BCUT2D eigenvalue weighted by atomic mass is 19.1. The molecule has 0 amide bonds. The highest BCUT2D eigenvalue weighted by molar-refractivity contribution is 5.96. The molecular weight excluding hydrogens is 291 g/mol. The molecule has 23 heavy (non-hydrogen) atoms. The molecule has 3 aromatic rings. The summed E-state index contributed by atoms with van der Waals surface area (Å²) >= 11 is 0. The largest absolute Gasteiger partial charge is 0.466 e. The van der Waals surface area contributed by atoms with Crippen LogP contribution in [0.2, 0.25) is 0 Å². The first-order chi connectivity index (χ1) is 11.1. The Morgan fingerprint density at radius 3 is 2.35 bits per heavy atom. The van der Waals surface area contributed by atoms with Crippen LogP contribution in [0.4, 0.5) is 4.39 Å². The molecule has 1 unspecified atom stereocenters. The average Bonchev–Trinajstić information content (AvgIpc) is 3.00. The highest BCUT2D eigenvalue weighted by Crippen LogP contribution is 2.32. The van der Waals surface area contributed by atoms with Crippen LogP contribution in [0.1, 0.15) is 39.8 Å². The third kappa shape index (κ3) is 3.39. The second-order valence-corrected chi connectivity index (χ2v) is 5.52. The lowest BCUT2D eigenvalue weighted by Crippen LogP contribution is -2.10. The van der Waals surface area contributed by atoms with Crippen molar-refractivity contribution >= 4 is 5.78 Å². The van der Waals surface area contributed by atoms with E-state index in [1.165, 1.54) is 6.07 Å². The predicted molar refractivity (Wildman–Crippen MR) is 87.1 cm³/mol. The average molecular weight is 308 g/mol. The van der Waals surface area contributed by atoms with Crippen LogP contribution >= 0.6 is 0 Å². The molecule has 116 valence electrons. The Bertz CT molecular complexity index is 805. The summed E-state index contributed by atoms with van der Waals surface area (Å²) in [5.74, 6) is 0.559. The van der Waals surface area contributed by atoms with Crippen LogP contribution in [0, 0.1) is 12.7 Å². The van der Waals surface area contributed by atoms with Crippen LogP contribution in [0.25, 0.3) is 0 Å². The van der Waals surface area contributed by atoms with Gasteiger partial charge in [-0.25, -0.2) is 4.39 Å². The van der Waals surface area contributed by atoms with Crippen molar-refractivity contribution in [3.8, 4) is 0 Å². The molecule has 0 radical (unpaired) electrons. The van der Waals surface area contributed by atoms with Crippen molar-refractivity contribution in [1.29, 1.82) is 0 Å². The maximum Gasteiger partial charge on any atom is 0.163 e. The maximum absolute atomic E-state index is 14.2. The van der Waals surface area contributed by atoms with Crippen molar-refractivity contribution in [1.82, 2.24) is 0 Å². The van der Waals surface area contributed by atoms with E-state index < -0.39 is 5.92 Å². The summed E-state index contributed by atoms with van der Waals surface area (Å²) < 4.78 is 19.9. The van der Waals surface area contributed by atoms with Crippen LogP contribution in [0.5, 0.6) is 0 Å². The first-order valence-corrected chi connectivity index (χ1v) is 7.54. The molecule has 3 rings (SSSR count). The van der Waals surface area contributed by atoms with E-state index in [1.807, 2.05) is 37.3 Å². The molecule has 0 bridgehead atoms. The van der Waals surface area contributed by atoms with E-state index in [9.17, 15) is 9.18 Å². The quantitative estimate of drug-likeness (QED) is 0.611. The van der Waals surface area contributed by atoms with Gasteiger partial charge in [-0.3, -0.25) is 4.79 Å². The molecule has 0 saturated heterocycles. The number of Topliss-reactive ketones (excluding diaryl/α,β-unsaturated/α-hetero) is 1. The van der Waals surface area contributed by atoms with E-state index in [4.69, 9.17) is 4.42 Å². The van der Waals surface area contributed by atoms with E-state index in [-0.39, 0.29) is 18.0 Å². The molecule has 1 atom stereocenters. The molecule has 0 aliphatic heterocycles. The number of halogens is 1. The van der Waals surface area contributed by atoms with Gasteiger partial charge in [0.1, 0.15) is 17.3 Å². The molecule has 1 aromatic heterocycles. The van der Waals surface area contributed by atoms with E-state index in [2.05, 4.69) is 0 Å². The van der Waals surface area contributed by atoms with Crippen molar-refractivity contribution in [2.24, 2.45) is 0 Å². The van der Waals surface area contributed by atoms with Gasteiger partial charge in [0.15, 0.2) is 5.78 Å². The Labute approximate surface area is 134 Å². The van der Waals surface area contributed by atoms with Crippen molar-refractivity contribution in [2.45, 2.75) is 19.3 Å². The Hall–Kier alpha value is -2.68. The van der Waals surface area contributed by atoms with Gasteiger partial charge in [-0.05, 0) is 30.7 Å². The molecule has 0 aliphatic rings. The van der Waals surface area contributed by atoms with Gasteiger partial charge in [0.2, 0.25) is 0 Å². The highest BCUT2D eigenvalue weighted by Gasteiger charge is 2.24. The Morgan fingerprint density at radius 1 is 1.00 bits per heavy atom. The summed E-state index contributed by atoms with van der Waals surface area (Å²) in [4.78, 5) is 12.6. The Balaban J connectivity index is 1.96. The number of hydrogen-bond acceptors (Lipinski definition) is 2. The molecule has 0 saturated carbocycles. The fraction of sp³-hybridized carbons (Fsp3) is 0.150. The molecule has 0 aliphatic carbocycles. The van der Waals surface area contributed by atoms with Crippen molar-refractivity contribution in [3.63, 3.8) is 0 Å². The number of aryl methyl sites for hydroxylation is 1. The lowest BCUT2D eigenvalue weighted by atomic mass is 9.89. The summed E-state index contributed by atoms with van der Waals surface area (Å²) in [5, 5.41) is 0. The summed E-state index contributed by atoms with van der Waals surface area (Å²) in [6.45, 7) is 1.83. The molecular formula is C20H17FO2. The zero-order valence-corrected chi connectivity index (χ0v) is 12.8. The fourth-order valence-corrected chi connectivity index (χ4v) is 2.69. The molecule has 1 heterocycles. The summed E-state index contributed by atoms with van der Waals surface area (Å²) in [6.07, 6.45) is 0.165. The van der Waals surface area contributed by atoms with Crippen LogP contribution in [0.3, 0.4) is 0 Å². The van der Waals surface area contributed by atoms with Gasteiger partial charge < -0.3 is 4.42 Å². The SMILES string of the molecule is Cc1ccc(C(CC(=O)c2ccccc2)c2ccccc2F)o1. The zero-order valence-electron chi connectivity index (χ0n) is 12.8. The summed E-state index contributed by atoms with van der Waals surface area (Å²) in [5.41, 5.74) is 1.10. The van der Waals surface area contributed by atoms with Crippen LogP contribution in [0.15, 0.2) is 71.1 Å². The standard InChI is InChI=1S/C20H17FO2/c1-14-11-12-20(23-14)17(16-9-5-6-10-18(16)21)13-19(22)15-7-3-2-4-8-15/h2-12,17H,13H2,1H3. The molecule has 3 heteroatoms. The first-order valence-electron chi connectivity index (χ1n) is 7.54. The third-order valence-corrected chi connectivity index (χ3v) is 3.87. The van der Waals surface area contributed by atoms with E-state index in [0.29, 0.717) is 16.9 Å². The number of ketones is 1. The number of carbonyl (C=O) groups is 1. The van der Waals surface area contributed by atoms with Crippen molar-refractivity contribution < 1.29 is 13.6 Å². The molecule has 2 aromatic carbocycles. The van der Waals surface area contributed by atoms with Crippen molar-refractivity contribution in [3.05, 3.63) is 95.2 Å². The minimum atomic E-state index is -0.433. The number of carbonyl (C=O) groups excluding carboxylic acids is 1. The predicted octanol–water partition coefficient (Wildman–Crippen LogP) is 5.13. The van der Waals surface area contributed by atoms with E-state index in [0.717, 1.165) is 5.76 Å². The van der Waals surface area contributed by atoms with Gasteiger partial charge in [0, 0.05) is 12.0 Å². The lowest BCUT2D eigenvalue weighted by Gasteiger charge is -2.15. The Kier molecular flexibility index (Phi) is 4.38. The minimum Gasteiger partial charge on any atom is -0.466 e. The Morgan fingerprint density at radius 2 is 1.70 bits per heavy atom. The van der Waals surface area contributed by atoms with Crippen LogP contribution < -0.4 is 0 Å². The maximum atomic E-state index is 14.2. The van der Waals surface area contributed by atoms with Gasteiger partial charge in [-0.15, -0.1) is 0 Å².